The maximum absolute atomic E-state index is 12.5. The van der Waals surface area contributed by atoms with E-state index in [4.69, 9.17) is 15.7 Å². The molecule has 17 heavy (non-hydrogen) atoms. The Morgan fingerprint density at radius 1 is 1.47 bits per heavy atom. The third kappa shape index (κ3) is 7.01. The zero-order chi connectivity index (χ0) is 13.3. The third-order valence-electron chi connectivity index (χ3n) is 2.17. The van der Waals surface area contributed by atoms with E-state index >= 15 is 0 Å². The topological polar surface area (TPSA) is 79.9 Å². The number of unbranched alkanes of at least 4 members (excludes halogenated alkanes) is 1. The van der Waals surface area contributed by atoms with Crippen LogP contribution in [0.15, 0.2) is 5.16 Å². The summed E-state index contributed by atoms with van der Waals surface area (Å²) in [7, 11) is 1.56. The second-order valence-corrected chi connectivity index (χ2v) is 3.52. The molecule has 0 aromatic heterocycles. The highest BCUT2D eigenvalue weighted by Crippen LogP contribution is 2.25. The molecule has 0 aromatic rings. The molecule has 1 atom stereocenters. The van der Waals surface area contributed by atoms with Gasteiger partial charge in [-0.3, -0.25) is 0 Å². The smallest absolute Gasteiger partial charge is 0.400 e. The molecule has 5 nitrogen and oxygen atoms in total. The van der Waals surface area contributed by atoms with Gasteiger partial charge in [0.15, 0.2) is 5.84 Å². The van der Waals surface area contributed by atoms with E-state index in [0.29, 0.717) is 19.6 Å². The van der Waals surface area contributed by atoms with Gasteiger partial charge < -0.3 is 21.0 Å². The summed E-state index contributed by atoms with van der Waals surface area (Å²) in [6.07, 6.45) is -3.05. The van der Waals surface area contributed by atoms with Crippen LogP contribution in [0, 0.1) is 5.92 Å². The van der Waals surface area contributed by atoms with E-state index < -0.39 is 24.5 Å². The number of ether oxygens (including phenoxy) is 1. The van der Waals surface area contributed by atoms with Gasteiger partial charge in [0, 0.05) is 20.3 Å². The molecule has 0 aliphatic carbocycles. The number of nitrogens with zero attached hydrogens (tertiary/aromatic N) is 1. The predicted octanol–water partition coefficient (Wildman–Crippen LogP) is 0.928. The summed E-state index contributed by atoms with van der Waals surface area (Å²) >= 11 is 0. The van der Waals surface area contributed by atoms with Crippen molar-refractivity contribution in [3.8, 4) is 0 Å². The predicted molar refractivity (Wildman–Crippen MR) is 56.9 cm³/mol. The summed E-state index contributed by atoms with van der Waals surface area (Å²) in [6, 6.07) is 0. The average Bonchev–Trinajstić information content (AvgIpc) is 2.25. The van der Waals surface area contributed by atoms with Crippen LogP contribution in [0.25, 0.3) is 0 Å². The number of alkyl halides is 3. The highest BCUT2D eigenvalue weighted by atomic mass is 19.4. The van der Waals surface area contributed by atoms with Gasteiger partial charge in [0.25, 0.3) is 0 Å². The van der Waals surface area contributed by atoms with E-state index in [1.54, 1.807) is 7.11 Å². The Morgan fingerprint density at radius 3 is 2.59 bits per heavy atom. The highest BCUT2D eigenvalue weighted by molar-refractivity contribution is 5.83. The molecule has 0 radical (unpaired) electrons. The fourth-order valence-corrected chi connectivity index (χ4v) is 1.20. The Balaban J connectivity index is 3.95. The number of hydrogen-bond acceptors (Lipinski definition) is 4. The van der Waals surface area contributed by atoms with Crippen molar-refractivity contribution in [2.75, 3.05) is 26.8 Å². The Hall–Kier alpha value is -1.02. The van der Waals surface area contributed by atoms with Gasteiger partial charge >= 0.3 is 6.18 Å². The van der Waals surface area contributed by atoms with Crippen molar-refractivity contribution in [3.63, 3.8) is 0 Å². The molecule has 0 saturated heterocycles. The SMILES string of the molecule is COCCCCNCC(C(N)=NO)C(F)(F)F. The van der Waals surface area contributed by atoms with Crippen molar-refractivity contribution in [1.82, 2.24) is 5.32 Å². The molecule has 0 amide bonds. The maximum atomic E-state index is 12.5. The second-order valence-electron chi connectivity index (χ2n) is 3.52. The second kappa shape index (κ2) is 8.13. The van der Waals surface area contributed by atoms with E-state index in [0.717, 1.165) is 6.42 Å². The average molecular weight is 257 g/mol. The number of rotatable bonds is 8. The molecular weight excluding hydrogens is 239 g/mol. The van der Waals surface area contributed by atoms with Crippen LogP contribution in [0.5, 0.6) is 0 Å². The van der Waals surface area contributed by atoms with Gasteiger partial charge in [-0.2, -0.15) is 13.2 Å². The molecule has 0 bridgehead atoms. The number of halogens is 3. The van der Waals surface area contributed by atoms with Crippen LogP contribution in [-0.2, 0) is 4.74 Å². The summed E-state index contributed by atoms with van der Waals surface area (Å²) < 4.78 is 42.2. The molecule has 0 aromatic carbocycles. The van der Waals surface area contributed by atoms with Gasteiger partial charge in [-0.25, -0.2) is 0 Å². The molecule has 0 saturated carbocycles. The van der Waals surface area contributed by atoms with Crippen molar-refractivity contribution in [1.29, 1.82) is 0 Å². The minimum Gasteiger partial charge on any atom is -0.409 e. The van der Waals surface area contributed by atoms with Crippen LogP contribution in [0.3, 0.4) is 0 Å². The normalized spacial score (nSPS) is 14.9. The zero-order valence-corrected chi connectivity index (χ0v) is 9.63. The minimum atomic E-state index is -4.52. The van der Waals surface area contributed by atoms with E-state index in [9.17, 15) is 13.2 Å². The Kier molecular flexibility index (Phi) is 7.64. The largest absolute Gasteiger partial charge is 0.409 e. The van der Waals surface area contributed by atoms with Gasteiger partial charge in [-0.05, 0) is 19.4 Å². The fraction of sp³-hybridized carbons (Fsp3) is 0.889. The fourth-order valence-electron chi connectivity index (χ4n) is 1.20. The van der Waals surface area contributed by atoms with Crippen LogP contribution >= 0.6 is 0 Å². The van der Waals surface area contributed by atoms with Crippen LogP contribution in [-0.4, -0.2) is 44.0 Å². The molecule has 0 aliphatic rings. The lowest BCUT2D eigenvalue weighted by Crippen LogP contribution is -2.43. The van der Waals surface area contributed by atoms with Crippen LogP contribution in [0.2, 0.25) is 0 Å². The first-order valence-corrected chi connectivity index (χ1v) is 5.17. The lowest BCUT2D eigenvalue weighted by Gasteiger charge is -2.19. The van der Waals surface area contributed by atoms with Crippen molar-refractivity contribution in [2.24, 2.45) is 16.8 Å². The molecule has 8 heteroatoms. The van der Waals surface area contributed by atoms with Crippen LogP contribution < -0.4 is 11.1 Å². The number of amidine groups is 1. The van der Waals surface area contributed by atoms with Gasteiger partial charge in [0.1, 0.15) is 5.92 Å². The summed E-state index contributed by atoms with van der Waals surface area (Å²) in [4.78, 5) is 0. The molecule has 102 valence electrons. The molecule has 1 unspecified atom stereocenters. The van der Waals surface area contributed by atoms with Crippen molar-refractivity contribution >= 4 is 5.84 Å². The molecule has 0 fully saturated rings. The lowest BCUT2D eigenvalue weighted by molar-refractivity contribution is -0.154. The maximum Gasteiger partial charge on any atom is 0.400 e. The monoisotopic (exact) mass is 257 g/mol. The third-order valence-corrected chi connectivity index (χ3v) is 2.17. The first-order chi connectivity index (χ1) is 7.93. The molecule has 4 N–H and O–H groups in total. The first-order valence-electron chi connectivity index (χ1n) is 5.17. The minimum absolute atomic E-state index is 0.396. The summed E-state index contributed by atoms with van der Waals surface area (Å²) in [5.41, 5.74) is 4.99. The standard InChI is InChI=1S/C9H18F3N3O2/c1-17-5-3-2-4-14-6-7(8(13)15-16)9(10,11)12/h7,14,16H,2-6H2,1H3,(H2,13,15). The van der Waals surface area contributed by atoms with Gasteiger partial charge in [0.05, 0.1) is 0 Å². The van der Waals surface area contributed by atoms with E-state index in [1.165, 1.54) is 0 Å². The van der Waals surface area contributed by atoms with Crippen LogP contribution in [0.1, 0.15) is 12.8 Å². The van der Waals surface area contributed by atoms with E-state index in [1.807, 2.05) is 0 Å². The summed E-state index contributed by atoms with van der Waals surface area (Å²) in [5.74, 6) is -2.79. The van der Waals surface area contributed by atoms with Gasteiger partial charge in [-0.15, -0.1) is 0 Å². The Labute approximate surface area is 97.8 Å². The number of nitrogens with one attached hydrogen (secondary N) is 1. The quantitative estimate of drug-likeness (QED) is 0.199. The first kappa shape index (κ1) is 16.0. The van der Waals surface area contributed by atoms with Crippen molar-refractivity contribution in [3.05, 3.63) is 0 Å². The Bertz CT molecular complexity index is 234. The number of nitrogens with two attached hydrogens (primary N) is 1. The summed E-state index contributed by atoms with van der Waals surface area (Å²) in [5, 5.41) is 13.3. The molecule has 0 rings (SSSR count). The number of hydrogen-bond donors (Lipinski definition) is 3. The number of methoxy groups -OCH3 is 1. The Morgan fingerprint density at radius 2 is 2.12 bits per heavy atom. The van der Waals surface area contributed by atoms with Gasteiger partial charge in [-0.1, -0.05) is 5.16 Å². The molecule has 0 spiro atoms. The van der Waals surface area contributed by atoms with E-state index in [-0.39, 0.29) is 0 Å². The van der Waals surface area contributed by atoms with Gasteiger partial charge in [0.2, 0.25) is 0 Å². The molecular formula is C9H18F3N3O2. The molecule has 0 aliphatic heterocycles. The van der Waals surface area contributed by atoms with Crippen LogP contribution in [0.4, 0.5) is 13.2 Å². The van der Waals surface area contributed by atoms with Crippen molar-refractivity contribution in [2.45, 2.75) is 19.0 Å². The van der Waals surface area contributed by atoms with Crippen molar-refractivity contribution < 1.29 is 23.1 Å². The zero-order valence-electron chi connectivity index (χ0n) is 9.63. The number of oxime groups is 1. The highest BCUT2D eigenvalue weighted by Gasteiger charge is 2.42. The van der Waals surface area contributed by atoms with E-state index in [2.05, 4.69) is 10.5 Å². The lowest BCUT2D eigenvalue weighted by atomic mass is 10.1. The summed E-state index contributed by atoms with van der Waals surface area (Å²) in [6.45, 7) is 0.603. The molecule has 0 heterocycles.